The number of aromatic nitrogens is 1. The molecule has 178 valence electrons. The van der Waals surface area contributed by atoms with Crippen molar-refractivity contribution in [1.29, 1.82) is 5.26 Å². The molecular weight excluding hydrogens is 430 g/mol. The summed E-state index contributed by atoms with van der Waals surface area (Å²) in [5.74, 6) is 0.506. The fraction of sp³-hybridized carbons (Fsp3) is 0.462. The standard InChI is InChI=1S/C26H31N5O3/c1-17-3-5-21(13-24(17)30-26(33)29-22-9-12-34-16-18(22)2)25(32)31-10-7-20(8-11-31)23-6-4-19(14-27)15-28-23/h3-6,13,15,18,20,22H,7-12,16H2,1-2H3,(H2,29,30,33). The van der Waals surface area contributed by atoms with Gasteiger partial charge in [-0.15, -0.1) is 0 Å². The van der Waals surface area contributed by atoms with E-state index in [1.165, 1.54) is 0 Å². The number of carbonyl (C=O) groups is 2. The number of urea groups is 1. The Morgan fingerprint density at radius 2 is 1.97 bits per heavy atom. The highest BCUT2D eigenvalue weighted by Crippen LogP contribution is 2.28. The average molecular weight is 462 g/mol. The molecule has 0 spiro atoms. The molecule has 2 aromatic rings. The van der Waals surface area contributed by atoms with Gasteiger partial charge in [0.2, 0.25) is 0 Å². The second-order valence-electron chi connectivity index (χ2n) is 9.23. The zero-order valence-corrected chi connectivity index (χ0v) is 19.7. The highest BCUT2D eigenvalue weighted by atomic mass is 16.5. The van der Waals surface area contributed by atoms with Crippen LogP contribution in [0.25, 0.3) is 0 Å². The number of nitriles is 1. The molecule has 2 atom stereocenters. The van der Waals surface area contributed by atoms with Gasteiger partial charge in [0.25, 0.3) is 5.91 Å². The van der Waals surface area contributed by atoms with E-state index in [-0.39, 0.29) is 29.8 Å². The lowest BCUT2D eigenvalue weighted by Gasteiger charge is -2.32. The zero-order chi connectivity index (χ0) is 24.1. The number of benzene rings is 1. The second-order valence-corrected chi connectivity index (χ2v) is 9.23. The van der Waals surface area contributed by atoms with Crippen molar-refractivity contribution in [2.75, 3.05) is 31.6 Å². The van der Waals surface area contributed by atoms with Gasteiger partial charge >= 0.3 is 6.03 Å². The van der Waals surface area contributed by atoms with Crippen molar-refractivity contribution in [3.8, 4) is 6.07 Å². The molecule has 2 N–H and O–H groups in total. The van der Waals surface area contributed by atoms with Crippen molar-refractivity contribution in [2.24, 2.45) is 5.92 Å². The Labute approximate surface area is 200 Å². The molecule has 8 heteroatoms. The summed E-state index contributed by atoms with van der Waals surface area (Å²) in [6.07, 6.45) is 4.05. The summed E-state index contributed by atoms with van der Waals surface area (Å²) in [5, 5.41) is 14.9. The number of piperidine rings is 1. The summed E-state index contributed by atoms with van der Waals surface area (Å²) >= 11 is 0. The Morgan fingerprint density at radius 3 is 2.65 bits per heavy atom. The van der Waals surface area contributed by atoms with E-state index in [1.807, 2.05) is 30.0 Å². The Morgan fingerprint density at radius 1 is 1.18 bits per heavy atom. The quantitative estimate of drug-likeness (QED) is 0.720. The van der Waals surface area contributed by atoms with Crippen molar-refractivity contribution in [3.05, 3.63) is 58.9 Å². The van der Waals surface area contributed by atoms with Crippen molar-refractivity contribution in [2.45, 2.75) is 45.1 Å². The summed E-state index contributed by atoms with van der Waals surface area (Å²) in [7, 11) is 0. The third-order valence-electron chi connectivity index (χ3n) is 6.81. The van der Waals surface area contributed by atoms with Crippen LogP contribution in [0.5, 0.6) is 0 Å². The Kier molecular flexibility index (Phi) is 7.43. The minimum absolute atomic E-state index is 0.0345. The maximum atomic E-state index is 13.2. The van der Waals surface area contributed by atoms with Crippen LogP contribution in [0, 0.1) is 24.2 Å². The van der Waals surface area contributed by atoms with E-state index >= 15 is 0 Å². The number of hydrogen-bond donors (Lipinski definition) is 2. The average Bonchev–Trinajstić information content (AvgIpc) is 2.86. The molecule has 2 aliphatic rings. The third kappa shape index (κ3) is 5.54. The lowest BCUT2D eigenvalue weighted by atomic mass is 9.92. The van der Waals surface area contributed by atoms with Crippen LogP contribution in [0.15, 0.2) is 36.5 Å². The number of nitrogens with zero attached hydrogens (tertiary/aromatic N) is 3. The molecule has 8 nitrogen and oxygen atoms in total. The SMILES string of the molecule is Cc1ccc(C(=O)N2CCC(c3ccc(C#N)cn3)CC2)cc1NC(=O)NC1CCOCC1C. The highest BCUT2D eigenvalue weighted by Gasteiger charge is 2.26. The summed E-state index contributed by atoms with van der Waals surface area (Å²) in [4.78, 5) is 32.0. The molecule has 34 heavy (non-hydrogen) atoms. The van der Waals surface area contributed by atoms with Gasteiger partial charge in [0.1, 0.15) is 6.07 Å². The van der Waals surface area contributed by atoms with Crippen LogP contribution >= 0.6 is 0 Å². The molecule has 1 aromatic carbocycles. The van der Waals surface area contributed by atoms with E-state index in [4.69, 9.17) is 10.00 Å². The number of hydrogen-bond acceptors (Lipinski definition) is 5. The first-order valence-corrected chi connectivity index (χ1v) is 11.9. The molecule has 2 unspecified atom stereocenters. The normalized spacial score (nSPS) is 20.9. The van der Waals surface area contributed by atoms with Gasteiger partial charge in [-0.3, -0.25) is 9.78 Å². The number of rotatable bonds is 4. The number of aryl methyl sites for hydroxylation is 1. The maximum absolute atomic E-state index is 13.2. The van der Waals surface area contributed by atoms with Crippen LogP contribution < -0.4 is 10.6 Å². The number of ether oxygens (including phenoxy) is 1. The Bertz CT molecular complexity index is 1070. The summed E-state index contributed by atoms with van der Waals surface area (Å²) < 4.78 is 5.44. The van der Waals surface area contributed by atoms with Crippen LogP contribution in [-0.2, 0) is 4.74 Å². The monoisotopic (exact) mass is 461 g/mol. The minimum atomic E-state index is -0.262. The number of anilines is 1. The van der Waals surface area contributed by atoms with Crippen molar-refractivity contribution < 1.29 is 14.3 Å². The van der Waals surface area contributed by atoms with Gasteiger partial charge < -0.3 is 20.3 Å². The van der Waals surface area contributed by atoms with E-state index in [2.05, 4.69) is 28.6 Å². The predicted octanol–water partition coefficient (Wildman–Crippen LogP) is 3.83. The first-order chi connectivity index (χ1) is 16.4. The lowest BCUT2D eigenvalue weighted by Crippen LogP contribution is -2.46. The third-order valence-corrected chi connectivity index (χ3v) is 6.81. The molecule has 1 aromatic heterocycles. The van der Waals surface area contributed by atoms with E-state index in [9.17, 15) is 9.59 Å². The van der Waals surface area contributed by atoms with Gasteiger partial charge in [-0.2, -0.15) is 5.26 Å². The van der Waals surface area contributed by atoms with Crippen LogP contribution in [0.3, 0.4) is 0 Å². The molecule has 3 amide bonds. The second kappa shape index (κ2) is 10.7. The van der Waals surface area contributed by atoms with Crippen molar-refractivity contribution in [1.82, 2.24) is 15.2 Å². The van der Waals surface area contributed by atoms with Crippen LogP contribution in [-0.4, -0.2) is 54.2 Å². The van der Waals surface area contributed by atoms with Gasteiger partial charge in [-0.1, -0.05) is 13.0 Å². The molecule has 4 rings (SSSR count). The first-order valence-electron chi connectivity index (χ1n) is 11.9. The fourth-order valence-electron chi connectivity index (χ4n) is 4.58. The van der Waals surface area contributed by atoms with E-state index in [0.717, 1.165) is 30.5 Å². The summed E-state index contributed by atoms with van der Waals surface area (Å²) in [6, 6.07) is 11.0. The highest BCUT2D eigenvalue weighted by molar-refractivity contribution is 5.97. The van der Waals surface area contributed by atoms with E-state index in [1.54, 1.807) is 18.3 Å². The van der Waals surface area contributed by atoms with Crippen molar-refractivity contribution in [3.63, 3.8) is 0 Å². The molecule has 3 heterocycles. The first kappa shape index (κ1) is 23.7. The minimum Gasteiger partial charge on any atom is -0.381 e. The number of likely N-dealkylation sites (tertiary alicyclic amines) is 1. The molecule has 2 fully saturated rings. The Balaban J connectivity index is 1.36. The molecule has 2 saturated heterocycles. The smallest absolute Gasteiger partial charge is 0.319 e. The Hall–Kier alpha value is -3.44. The molecule has 0 saturated carbocycles. The number of amides is 3. The zero-order valence-electron chi connectivity index (χ0n) is 19.7. The van der Waals surface area contributed by atoms with E-state index < -0.39 is 0 Å². The van der Waals surface area contributed by atoms with Crippen LogP contribution in [0.4, 0.5) is 10.5 Å². The van der Waals surface area contributed by atoms with Crippen LogP contribution in [0.2, 0.25) is 0 Å². The van der Waals surface area contributed by atoms with Crippen molar-refractivity contribution >= 4 is 17.6 Å². The van der Waals surface area contributed by atoms with Crippen LogP contribution in [0.1, 0.15) is 59.3 Å². The largest absolute Gasteiger partial charge is 0.381 e. The molecule has 0 aliphatic carbocycles. The van der Waals surface area contributed by atoms with Gasteiger partial charge in [-0.05, 0) is 61.9 Å². The molecule has 0 bridgehead atoms. The van der Waals surface area contributed by atoms with E-state index in [0.29, 0.717) is 43.1 Å². The molecule has 0 radical (unpaired) electrons. The summed E-state index contributed by atoms with van der Waals surface area (Å²) in [5.41, 5.74) is 3.63. The number of pyridine rings is 1. The molecular formula is C26H31N5O3. The topological polar surface area (TPSA) is 107 Å². The van der Waals surface area contributed by atoms with Gasteiger partial charge in [-0.25, -0.2) is 4.79 Å². The van der Waals surface area contributed by atoms with Gasteiger partial charge in [0.05, 0.1) is 12.2 Å². The number of nitrogens with one attached hydrogen (secondary N) is 2. The predicted molar refractivity (Wildman–Crippen MR) is 129 cm³/mol. The van der Waals surface area contributed by atoms with Gasteiger partial charge in [0, 0.05) is 54.8 Å². The van der Waals surface area contributed by atoms with Gasteiger partial charge in [0.15, 0.2) is 0 Å². The maximum Gasteiger partial charge on any atom is 0.319 e. The summed E-state index contributed by atoms with van der Waals surface area (Å²) in [6.45, 7) is 6.56. The lowest BCUT2D eigenvalue weighted by molar-refractivity contribution is 0.0424. The fourth-order valence-corrected chi connectivity index (χ4v) is 4.58. The molecule has 2 aliphatic heterocycles. The number of carbonyl (C=O) groups excluding carboxylic acids is 2.